The zero-order valence-electron chi connectivity index (χ0n) is 16.5. The van der Waals surface area contributed by atoms with Gasteiger partial charge in [-0.3, -0.25) is 9.59 Å². The molecular weight excluding hydrogens is 406 g/mol. The maximum atomic E-state index is 12.4. The smallest absolute Gasteiger partial charge is 0.234 e. The van der Waals surface area contributed by atoms with Gasteiger partial charge in [0.1, 0.15) is 17.3 Å². The molecule has 3 aromatic rings. The molecule has 2 amide bonds. The summed E-state index contributed by atoms with van der Waals surface area (Å²) in [6, 6.07) is 13.4. The first kappa shape index (κ1) is 21.2. The van der Waals surface area contributed by atoms with Gasteiger partial charge in [-0.25, -0.2) is 0 Å². The summed E-state index contributed by atoms with van der Waals surface area (Å²) in [6.45, 7) is 0. The van der Waals surface area contributed by atoms with Crippen LogP contribution in [-0.2, 0) is 23.1 Å². The molecule has 0 spiro atoms. The highest BCUT2D eigenvalue weighted by Crippen LogP contribution is 2.23. The van der Waals surface area contributed by atoms with Crippen LogP contribution in [0.4, 0.5) is 11.4 Å². The molecule has 0 aliphatic heterocycles. The van der Waals surface area contributed by atoms with Gasteiger partial charge in [-0.1, -0.05) is 30.0 Å². The summed E-state index contributed by atoms with van der Waals surface area (Å²) in [6.07, 6.45) is 0.0254. The van der Waals surface area contributed by atoms with E-state index in [2.05, 4.69) is 20.8 Å². The predicted octanol–water partition coefficient (Wildman–Crippen LogP) is 2.44. The predicted molar refractivity (Wildman–Crippen MR) is 114 cm³/mol. The van der Waals surface area contributed by atoms with Crippen molar-refractivity contribution in [2.45, 2.75) is 11.6 Å². The van der Waals surface area contributed by atoms with Crippen LogP contribution in [0.15, 0.2) is 53.7 Å². The number of carbonyl (C=O) groups is 2. The van der Waals surface area contributed by atoms with Crippen LogP contribution in [0.2, 0.25) is 0 Å². The van der Waals surface area contributed by atoms with Gasteiger partial charge in [-0.05, 0) is 24.3 Å². The Labute approximate surface area is 177 Å². The zero-order chi connectivity index (χ0) is 21.5. The van der Waals surface area contributed by atoms with Gasteiger partial charge in [0.15, 0.2) is 5.16 Å². The third kappa shape index (κ3) is 5.51. The van der Waals surface area contributed by atoms with Gasteiger partial charge in [-0.2, -0.15) is 0 Å². The van der Waals surface area contributed by atoms with E-state index in [1.807, 2.05) is 6.07 Å². The number of nitrogens with one attached hydrogen (secondary N) is 2. The minimum absolute atomic E-state index is 0.0254. The van der Waals surface area contributed by atoms with Crippen molar-refractivity contribution in [3.8, 4) is 11.5 Å². The number of hydrogen-bond acceptors (Lipinski definition) is 7. The number of anilines is 2. The number of rotatable bonds is 8. The lowest BCUT2D eigenvalue weighted by atomic mass is 10.2. The molecule has 0 fully saturated rings. The fourth-order valence-corrected chi connectivity index (χ4v) is 3.35. The number of methoxy groups -OCH3 is 1. The number of benzene rings is 2. The first-order valence-corrected chi connectivity index (χ1v) is 9.97. The summed E-state index contributed by atoms with van der Waals surface area (Å²) in [5.41, 5.74) is 1.08. The average Bonchev–Trinajstić information content (AvgIpc) is 3.06. The van der Waals surface area contributed by atoms with Crippen LogP contribution in [-0.4, -0.2) is 44.5 Å². The summed E-state index contributed by atoms with van der Waals surface area (Å²) >= 11 is 1.20. The molecule has 156 valence electrons. The van der Waals surface area contributed by atoms with Gasteiger partial charge in [0.25, 0.3) is 0 Å². The Bertz CT molecular complexity index is 1050. The minimum Gasteiger partial charge on any atom is -0.508 e. The van der Waals surface area contributed by atoms with E-state index in [1.165, 1.54) is 31.0 Å². The highest BCUT2D eigenvalue weighted by Gasteiger charge is 2.15. The van der Waals surface area contributed by atoms with Gasteiger partial charge in [0, 0.05) is 18.8 Å². The standard InChI is InChI=1S/C20H21N5O4S/c1-25-17(11-18(27)22-15-8-3-4-9-16(15)29-2)23-24-20(25)30-12-19(28)21-13-6-5-7-14(26)10-13/h3-10,26H,11-12H2,1-2H3,(H,21,28)(H,22,27). The maximum absolute atomic E-state index is 12.4. The number of phenolic OH excluding ortho intramolecular Hbond substituents is 1. The number of nitrogens with zero attached hydrogens (tertiary/aromatic N) is 3. The van der Waals surface area contributed by atoms with Crippen molar-refractivity contribution in [2.24, 2.45) is 7.05 Å². The quantitative estimate of drug-likeness (QED) is 0.473. The normalized spacial score (nSPS) is 10.5. The fourth-order valence-electron chi connectivity index (χ4n) is 2.62. The van der Waals surface area contributed by atoms with Crippen molar-refractivity contribution in [1.29, 1.82) is 0 Å². The van der Waals surface area contributed by atoms with Crippen molar-refractivity contribution < 1.29 is 19.4 Å². The molecule has 0 unspecified atom stereocenters. The second kappa shape index (κ2) is 9.79. The number of phenols is 1. The van der Waals surface area contributed by atoms with E-state index in [0.29, 0.717) is 28.1 Å². The third-order valence-corrected chi connectivity index (χ3v) is 5.11. The van der Waals surface area contributed by atoms with Crippen molar-refractivity contribution in [2.75, 3.05) is 23.5 Å². The fraction of sp³-hybridized carbons (Fsp3) is 0.200. The largest absolute Gasteiger partial charge is 0.508 e. The summed E-state index contributed by atoms with van der Waals surface area (Å²) < 4.78 is 6.90. The van der Waals surface area contributed by atoms with E-state index in [0.717, 1.165) is 0 Å². The lowest BCUT2D eigenvalue weighted by Gasteiger charge is -2.09. The van der Waals surface area contributed by atoms with Gasteiger partial charge >= 0.3 is 0 Å². The molecule has 3 rings (SSSR count). The zero-order valence-corrected chi connectivity index (χ0v) is 17.3. The second-order valence-corrected chi connectivity index (χ2v) is 7.21. The Balaban J connectivity index is 1.55. The number of hydrogen-bond donors (Lipinski definition) is 3. The molecule has 3 N–H and O–H groups in total. The third-order valence-electron chi connectivity index (χ3n) is 4.09. The molecule has 1 heterocycles. The Hall–Kier alpha value is -3.53. The highest BCUT2D eigenvalue weighted by atomic mass is 32.2. The number of aromatic nitrogens is 3. The summed E-state index contributed by atoms with van der Waals surface area (Å²) in [5, 5.41) is 23.6. The van der Waals surface area contributed by atoms with E-state index < -0.39 is 0 Å². The first-order valence-electron chi connectivity index (χ1n) is 8.99. The molecule has 0 saturated heterocycles. The van der Waals surface area contributed by atoms with Crippen LogP contribution in [0, 0.1) is 0 Å². The van der Waals surface area contributed by atoms with E-state index in [-0.39, 0.29) is 29.7 Å². The SMILES string of the molecule is COc1ccccc1NC(=O)Cc1nnc(SCC(=O)Nc2cccc(O)c2)n1C. The molecule has 2 aromatic carbocycles. The monoisotopic (exact) mass is 427 g/mol. The Morgan fingerprint density at radius 2 is 1.90 bits per heavy atom. The number of thioether (sulfide) groups is 1. The van der Waals surface area contributed by atoms with Gasteiger partial charge in [0.05, 0.1) is 25.0 Å². The van der Waals surface area contributed by atoms with E-state index in [4.69, 9.17) is 4.74 Å². The first-order chi connectivity index (χ1) is 14.5. The minimum atomic E-state index is -0.256. The van der Waals surface area contributed by atoms with E-state index in [9.17, 15) is 14.7 Å². The molecule has 1 aromatic heterocycles. The lowest BCUT2D eigenvalue weighted by molar-refractivity contribution is -0.116. The molecular formula is C20H21N5O4S. The Morgan fingerprint density at radius 3 is 2.67 bits per heavy atom. The van der Waals surface area contributed by atoms with Crippen LogP contribution in [0.1, 0.15) is 5.82 Å². The average molecular weight is 427 g/mol. The van der Waals surface area contributed by atoms with Crippen molar-refractivity contribution >= 4 is 35.0 Å². The number of aromatic hydroxyl groups is 1. The van der Waals surface area contributed by atoms with Gasteiger partial charge in [0.2, 0.25) is 11.8 Å². The number of carbonyl (C=O) groups excluding carboxylic acids is 2. The molecule has 30 heavy (non-hydrogen) atoms. The molecule has 0 aliphatic carbocycles. The molecule has 0 saturated carbocycles. The molecule has 0 atom stereocenters. The topological polar surface area (TPSA) is 118 Å². The van der Waals surface area contributed by atoms with Crippen LogP contribution < -0.4 is 15.4 Å². The van der Waals surface area contributed by atoms with E-state index >= 15 is 0 Å². The molecule has 0 aliphatic rings. The lowest BCUT2D eigenvalue weighted by Crippen LogP contribution is -2.17. The second-order valence-electron chi connectivity index (χ2n) is 6.27. The van der Waals surface area contributed by atoms with Gasteiger partial charge in [-0.15, -0.1) is 10.2 Å². The summed E-state index contributed by atoms with van der Waals surface area (Å²) in [4.78, 5) is 24.5. The van der Waals surface area contributed by atoms with E-state index in [1.54, 1.807) is 41.9 Å². The Morgan fingerprint density at radius 1 is 1.10 bits per heavy atom. The van der Waals surface area contributed by atoms with Crippen LogP contribution in [0.3, 0.4) is 0 Å². The van der Waals surface area contributed by atoms with Crippen molar-refractivity contribution in [1.82, 2.24) is 14.8 Å². The number of ether oxygens (including phenoxy) is 1. The maximum Gasteiger partial charge on any atom is 0.234 e. The molecule has 9 nitrogen and oxygen atoms in total. The highest BCUT2D eigenvalue weighted by molar-refractivity contribution is 7.99. The van der Waals surface area contributed by atoms with Crippen LogP contribution >= 0.6 is 11.8 Å². The van der Waals surface area contributed by atoms with Gasteiger partial charge < -0.3 is 25.0 Å². The van der Waals surface area contributed by atoms with Crippen LogP contribution in [0.25, 0.3) is 0 Å². The Kier molecular flexibility index (Phi) is 6.91. The van der Waals surface area contributed by atoms with Crippen LogP contribution in [0.5, 0.6) is 11.5 Å². The summed E-state index contributed by atoms with van der Waals surface area (Å²) in [5.74, 6) is 0.716. The number of para-hydroxylation sites is 2. The van der Waals surface area contributed by atoms with Crippen molar-refractivity contribution in [3.05, 3.63) is 54.4 Å². The van der Waals surface area contributed by atoms with Crippen molar-refractivity contribution in [3.63, 3.8) is 0 Å². The summed E-state index contributed by atoms with van der Waals surface area (Å²) in [7, 11) is 3.27. The number of amides is 2. The molecule has 0 radical (unpaired) electrons. The molecule has 10 heteroatoms. The molecule has 0 bridgehead atoms.